The molecule has 0 aliphatic carbocycles. The summed E-state index contributed by atoms with van der Waals surface area (Å²) in [5.74, 6) is 0. The fraction of sp³-hybridized carbons (Fsp3) is 0.667. The van der Waals surface area contributed by atoms with Crippen LogP contribution in [0, 0.1) is 5.41 Å². The Kier molecular flexibility index (Phi) is 4.06. The van der Waals surface area contributed by atoms with Gasteiger partial charge in [-0.1, -0.05) is 13.8 Å². The molecule has 1 aromatic heterocycles. The average Bonchev–Trinajstić information content (AvgIpc) is 2.62. The fourth-order valence-electron chi connectivity index (χ4n) is 2.22. The standard InChI is InChI=1S/C12H19BrN2S/c1-12(2)8-14-6-5-10(12)15-7-9-3-4-11(13)16-9/h3-4,10,14-15H,5-8H2,1-2H3. The summed E-state index contributed by atoms with van der Waals surface area (Å²) in [6, 6.07) is 4.93. The third kappa shape index (κ3) is 3.06. The van der Waals surface area contributed by atoms with Gasteiger partial charge in [0.25, 0.3) is 0 Å². The van der Waals surface area contributed by atoms with E-state index in [1.165, 1.54) is 15.1 Å². The second kappa shape index (κ2) is 5.17. The van der Waals surface area contributed by atoms with Gasteiger partial charge in [0.15, 0.2) is 0 Å². The highest BCUT2D eigenvalue weighted by molar-refractivity contribution is 9.11. The molecule has 2 rings (SSSR count). The monoisotopic (exact) mass is 302 g/mol. The molecule has 2 heterocycles. The predicted molar refractivity (Wildman–Crippen MR) is 73.9 cm³/mol. The van der Waals surface area contributed by atoms with Crippen LogP contribution in [0.1, 0.15) is 25.1 Å². The zero-order chi connectivity index (χ0) is 11.6. The van der Waals surface area contributed by atoms with Crippen molar-refractivity contribution in [2.45, 2.75) is 32.9 Å². The van der Waals surface area contributed by atoms with Crippen LogP contribution in [0.25, 0.3) is 0 Å². The minimum Gasteiger partial charge on any atom is -0.316 e. The Hall–Kier alpha value is 0.1000. The van der Waals surface area contributed by atoms with E-state index in [-0.39, 0.29) is 0 Å². The van der Waals surface area contributed by atoms with E-state index in [0.717, 1.165) is 19.6 Å². The normalized spacial score (nSPS) is 24.6. The molecule has 0 spiro atoms. The van der Waals surface area contributed by atoms with Gasteiger partial charge in [-0.25, -0.2) is 0 Å². The van der Waals surface area contributed by atoms with Gasteiger partial charge in [-0.2, -0.15) is 0 Å². The molecule has 1 atom stereocenters. The molecule has 1 unspecified atom stereocenters. The summed E-state index contributed by atoms with van der Waals surface area (Å²) in [6.07, 6.45) is 1.22. The summed E-state index contributed by atoms with van der Waals surface area (Å²) in [5.41, 5.74) is 0.354. The lowest BCUT2D eigenvalue weighted by Crippen LogP contribution is -2.52. The maximum absolute atomic E-state index is 3.69. The predicted octanol–water partition coefficient (Wildman–Crippen LogP) is 2.99. The van der Waals surface area contributed by atoms with E-state index in [4.69, 9.17) is 0 Å². The quantitative estimate of drug-likeness (QED) is 0.897. The number of hydrogen-bond acceptors (Lipinski definition) is 3. The van der Waals surface area contributed by atoms with Crippen LogP contribution >= 0.6 is 27.3 Å². The third-order valence-electron chi connectivity index (χ3n) is 3.29. The molecule has 0 aromatic carbocycles. The van der Waals surface area contributed by atoms with Crippen LogP contribution in [0.3, 0.4) is 0 Å². The number of rotatable bonds is 3. The summed E-state index contributed by atoms with van der Waals surface area (Å²) in [4.78, 5) is 1.40. The first-order chi connectivity index (χ1) is 7.58. The summed E-state index contributed by atoms with van der Waals surface area (Å²) in [6.45, 7) is 7.90. The van der Waals surface area contributed by atoms with Crippen molar-refractivity contribution in [1.29, 1.82) is 0 Å². The second-order valence-electron chi connectivity index (χ2n) is 5.09. The van der Waals surface area contributed by atoms with Crippen molar-refractivity contribution in [3.63, 3.8) is 0 Å². The summed E-state index contributed by atoms with van der Waals surface area (Å²) in [7, 11) is 0. The lowest BCUT2D eigenvalue weighted by Gasteiger charge is -2.39. The van der Waals surface area contributed by atoms with Crippen LogP contribution in [-0.4, -0.2) is 19.1 Å². The minimum absolute atomic E-state index is 0.354. The van der Waals surface area contributed by atoms with Crippen LogP contribution in [-0.2, 0) is 6.54 Å². The lowest BCUT2D eigenvalue weighted by molar-refractivity contribution is 0.184. The molecule has 1 saturated heterocycles. The van der Waals surface area contributed by atoms with E-state index >= 15 is 0 Å². The first-order valence-electron chi connectivity index (χ1n) is 5.76. The molecule has 1 aliphatic heterocycles. The molecule has 0 radical (unpaired) electrons. The van der Waals surface area contributed by atoms with Crippen LogP contribution in [0.2, 0.25) is 0 Å². The number of thiophene rings is 1. The van der Waals surface area contributed by atoms with Crippen molar-refractivity contribution in [3.05, 3.63) is 20.8 Å². The molecule has 4 heteroatoms. The van der Waals surface area contributed by atoms with E-state index < -0.39 is 0 Å². The smallest absolute Gasteiger partial charge is 0.0701 e. The van der Waals surface area contributed by atoms with Crippen molar-refractivity contribution in [2.24, 2.45) is 5.41 Å². The Labute approximate surface area is 110 Å². The van der Waals surface area contributed by atoms with Crippen LogP contribution < -0.4 is 10.6 Å². The molecular weight excluding hydrogens is 284 g/mol. The zero-order valence-electron chi connectivity index (χ0n) is 9.85. The Balaban J connectivity index is 1.89. The van der Waals surface area contributed by atoms with E-state index in [9.17, 15) is 0 Å². The summed E-state index contributed by atoms with van der Waals surface area (Å²) < 4.78 is 1.22. The van der Waals surface area contributed by atoms with Gasteiger partial charge < -0.3 is 10.6 Å². The van der Waals surface area contributed by atoms with Crippen molar-refractivity contribution >= 4 is 27.3 Å². The molecule has 1 fully saturated rings. The maximum Gasteiger partial charge on any atom is 0.0701 e. The fourth-order valence-corrected chi connectivity index (χ4v) is 3.65. The minimum atomic E-state index is 0.354. The number of halogens is 1. The van der Waals surface area contributed by atoms with Gasteiger partial charge in [0, 0.05) is 24.0 Å². The number of nitrogens with one attached hydrogen (secondary N) is 2. The largest absolute Gasteiger partial charge is 0.316 e. The van der Waals surface area contributed by atoms with E-state index in [1.807, 2.05) is 11.3 Å². The van der Waals surface area contributed by atoms with Gasteiger partial charge in [-0.15, -0.1) is 11.3 Å². The van der Waals surface area contributed by atoms with Crippen LogP contribution in [0.5, 0.6) is 0 Å². The Bertz CT molecular complexity index is 349. The molecular formula is C12H19BrN2S. The number of piperidine rings is 1. The van der Waals surface area contributed by atoms with Gasteiger partial charge in [0.1, 0.15) is 0 Å². The molecule has 1 aromatic rings. The van der Waals surface area contributed by atoms with Gasteiger partial charge in [0.2, 0.25) is 0 Å². The van der Waals surface area contributed by atoms with Crippen molar-refractivity contribution in [2.75, 3.05) is 13.1 Å². The van der Waals surface area contributed by atoms with Gasteiger partial charge >= 0.3 is 0 Å². The second-order valence-corrected chi connectivity index (χ2v) is 7.64. The maximum atomic E-state index is 3.69. The molecule has 16 heavy (non-hydrogen) atoms. The molecule has 0 saturated carbocycles. The van der Waals surface area contributed by atoms with E-state index in [1.54, 1.807) is 0 Å². The SMILES string of the molecule is CC1(C)CNCCC1NCc1ccc(Br)s1. The molecule has 0 bridgehead atoms. The van der Waals surface area contributed by atoms with Crippen molar-refractivity contribution in [3.8, 4) is 0 Å². The molecule has 2 N–H and O–H groups in total. The summed E-state index contributed by atoms with van der Waals surface area (Å²) >= 11 is 5.32. The Morgan fingerprint density at radius 3 is 3.00 bits per heavy atom. The topological polar surface area (TPSA) is 24.1 Å². The first kappa shape index (κ1) is 12.6. The van der Waals surface area contributed by atoms with Crippen molar-refractivity contribution < 1.29 is 0 Å². The van der Waals surface area contributed by atoms with Gasteiger partial charge in [0.05, 0.1) is 3.79 Å². The molecule has 90 valence electrons. The average molecular weight is 303 g/mol. The highest BCUT2D eigenvalue weighted by Crippen LogP contribution is 2.26. The Morgan fingerprint density at radius 2 is 2.38 bits per heavy atom. The van der Waals surface area contributed by atoms with Gasteiger partial charge in [-0.3, -0.25) is 0 Å². The third-order valence-corrected chi connectivity index (χ3v) is 4.91. The first-order valence-corrected chi connectivity index (χ1v) is 7.37. The van der Waals surface area contributed by atoms with Crippen LogP contribution in [0.4, 0.5) is 0 Å². The highest BCUT2D eigenvalue weighted by atomic mass is 79.9. The van der Waals surface area contributed by atoms with E-state index in [2.05, 4.69) is 52.5 Å². The molecule has 2 nitrogen and oxygen atoms in total. The molecule has 1 aliphatic rings. The molecule has 0 amide bonds. The van der Waals surface area contributed by atoms with Crippen molar-refractivity contribution in [1.82, 2.24) is 10.6 Å². The summed E-state index contributed by atoms with van der Waals surface area (Å²) in [5, 5.41) is 7.15. The van der Waals surface area contributed by atoms with Crippen LogP contribution in [0.15, 0.2) is 15.9 Å². The lowest BCUT2D eigenvalue weighted by atomic mass is 9.80. The highest BCUT2D eigenvalue weighted by Gasteiger charge is 2.31. The number of hydrogen-bond donors (Lipinski definition) is 2. The zero-order valence-corrected chi connectivity index (χ0v) is 12.2. The van der Waals surface area contributed by atoms with E-state index in [0.29, 0.717) is 11.5 Å². The Morgan fingerprint density at radius 1 is 1.56 bits per heavy atom. The van der Waals surface area contributed by atoms with Gasteiger partial charge in [-0.05, 0) is 46.4 Å².